The lowest BCUT2D eigenvalue weighted by molar-refractivity contribution is -0.141. The SMILES string of the molecule is CCC[C@H](NC(=O)Cc1c(C)c2ccc(OC)cc2oc1=O)C(=O)O. The number of hydrogen-bond acceptors (Lipinski definition) is 5. The fourth-order valence-corrected chi connectivity index (χ4v) is 2.66. The molecule has 2 N–H and O–H groups in total. The maximum absolute atomic E-state index is 12.2. The van der Waals surface area contributed by atoms with Crippen molar-refractivity contribution in [2.75, 3.05) is 7.11 Å². The topological polar surface area (TPSA) is 106 Å². The summed E-state index contributed by atoms with van der Waals surface area (Å²) < 4.78 is 10.4. The molecule has 0 aliphatic rings. The highest BCUT2D eigenvalue weighted by molar-refractivity contribution is 5.87. The van der Waals surface area contributed by atoms with Gasteiger partial charge >= 0.3 is 11.6 Å². The number of fused-ring (bicyclic) bond motifs is 1. The van der Waals surface area contributed by atoms with Gasteiger partial charge < -0.3 is 19.6 Å². The van der Waals surface area contributed by atoms with Gasteiger partial charge in [-0.25, -0.2) is 9.59 Å². The normalized spacial score (nSPS) is 12.0. The number of ether oxygens (including phenoxy) is 1. The van der Waals surface area contributed by atoms with E-state index in [1.165, 1.54) is 7.11 Å². The first kappa shape index (κ1) is 18.5. The molecule has 134 valence electrons. The van der Waals surface area contributed by atoms with Gasteiger partial charge in [0.05, 0.1) is 19.1 Å². The Hall–Kier alpha value is -2.83. The number of methoxy groups -OCH3 is 1. The predicted molar refractivity (Wildman–Crippen MR) is 92.0 cm³/mol. The Morgan fingerprint density at radius 1 is 1.36 bits per heavy atom. The highest BCUT2D eigenvalue weighted by Gasteiger charge is 2.21. The molecule has 1 atom stereocenters. The number of carboxylic acid groups (broad SMARTS) is 1. The van der Waals surface area contributed by atoms with Crippen molar-refractivity contribution < 1.29 is 23.8 Å². The van der Waals surface area contributed by atoms with E-state index in [1.54, 1.807) is 25.1 Å². The summed E-state index contributed by atoms with van der Waals surface area (Å²) in [6.07, 6.45) is 0.714. The van der Waals surface area contributed by atoms with Crippen LogP contribution in [0.5, 0.6) is 5.75 Å². The van der Waals surface area contributed by atoms with E-state index in [-0.39, 0.29) is 12.0 Å². The third kappa shape index (κ3) is 4.17. The summed E-state index contributed by atoms with van der Waals surface area (Å²) >= 11 is 0. The van der Waals surface area contributed by atoms with Gasteiger partial charge in [-0.3, -0.25) is 4.79 Å². The van der Waals surface area contributed by atoms with Gasteiger partial charge in [-0.05, 0) is 31.0 Å². The van der Waals surface area contributed by atoms with Crippen LogP contribution in [0.4, 0.5) is 0 Å². The fourth-order valence-electron chi connectivity index (χ4n) is 2.66. The third-order valence-electron chi connectivity index (χ3n) is 4.04. The summed E-state index contributed by atoms with van der Waals surface area (Å²) in [4.78, 5) is 35.5. The van der Waals surface area contributed by atoms with Crippen LogP contribution in [0.1, 0.15) is 30.9 Å². The number of benzene rings is 1. The number of carboxylic acids is 1. The van der Waals surface area contributed by atoms with E-state index >= 15 is 0 Å². The summed E-state index contributed by atoms with van der Waals surface area (Å²) in [6.45, 7) is 3.56. The first-order chi connectivity index (χ1) is 11.9. The molecular formula is C18H21NO6. The molecule has 0 bridgehead atoms. The number of rotatable bonds is 7. The molecule has 0 radical (unpaired) electrons. The number of hydrogen-bond donors (Lipinski definition) is 2. The smallest absolute Gasteiger partial charge is 0.340 e. The maximum atomic E-state index is 12.2. The van der Waals surface area contributed by atoms with Crippen LogP contribution in [0.3, 0.4) is 0 Å². The molecule has 0 saturated heterocycles. The number of aryl methyl sites for hydroxylation is 1. The van der Waals surface area contributed by atoms with Gasteiger partial charge in [0.15, 0.2) is 0 Å². The lowest BCUT2D eigenvalue weighted by Gasteiger charge is -2.14. The molecule has 7 nitrogen and oxygen atoms in total. The molecule has 0 spiro atoms. The minimum Gasteiger partial charge on any atom is -0.497 e. The van der Waals surface area contributed by atoms with E-state index < -0.39 is 23.5 Å². The van der Waals surface area contributed by atoms with Crippen molar-refractivity contribution in [2.45, 2.75) is 39.2 Å². The van der Waals surface area contributed by atoms with Crippen molar-refractivity contribution in [3.8, 4) is 5.75 Å². The minimum atomic E-state index is -1.09. The molecular weight excluding hydrogens is 326 g/mol. The van der Waals surface area contributed by atoms with Gasteiger partial charge in [-0.1, -0.05) is 13.3 Å². The van der Waals surface area contributed by atoms with Gasteiger partial charge in [0, 0.05) is 11.5 Å². The van der Waals surface area contributed by atoms with Crippen molar-refractivity contribution in [1.29, 1.82) is 0 Å². The van der Waals surface area contributed by atoms with Crippen LogP contribution in [-0.4, -0.2) is 30.1 Å². The van der Waals surface area contributed by atoms with Crippen LogP contribution in [0.15, 0.2) is 27.4 Å². The average molecular weight is 347 g/mol. The van der Waals surface area contributed by atoms with Crippen LogP contribution in [-0.2, 0) is 16.0 Å². The standard InChI is InChI=1S/C18H21NO6/c1-4-5-14(17(21)22)19-16(20)9-13-10(2)12-7-6-11(24-3)8-15(12)25-18(13)23/h6-8,14H,4-5,9H2,1-3H3,(H,19,20)(H,21,22)/t14-/m0/s1. The molecule has 7 heteroatoms. The molecule has 2 rings (SSSR count). The van der Waals surface area contributed by atoms with Crippen molar-refractivity contribution in [2.24, 2.45) is 0 Å². The van der Waals surface area contributed by atoms with E-state index in [2.05, 4.69) is 5.32 Å². The van der Waals surface area contributed by atoms with Crippen molar-refractivity contribution >= 4 is 22.8 Å². The van der Waals surface area contributed by atoms with Crippen LogP contribution < -0.4 is 15.7 Å². The highest BCUT2D eigenvalue weighted by atomic mass is 16.5. The van der Waals surface area contributed by atoms with Crippen molar-refractivity contribution in [3.05, 3.63) is 39.7 Å². The molecule has 0 fully saturated rings. The Morgan fingerprint density at radius 2 is 2.08 bits per heavy atom. The van der Waals surface area contributed by atoms with Gasteiger partial charge in [0.1, 0.15) is 17.4 Å². The van der Waals surface area contributed by atoms with E-state index in [0.29, 0.717) is 35.1 Å². The summed E-state index contributed by atoms with van der Waals surface area (Å²) in [6, 6.07) is 4.14. The number of carbonyl (C=O) groups is 2. The Morgan fingerprint density at radius 3 is 2.68 bits per heavy atom. The summed E-state index contributed by atoms with van der Waals surface area (Å²) in [5.74, 6) is -1.06. The Labute approximate surface area is 144 Å². The molecule has 1 amide bonds. The largest absolute Gasteiger partial charge is 0.497 e. The van der Waals surface area contributed by atoms with Gasteiger partial charge in [0.25, 0.3) is 0 Å². The predicted octanol–water partition coefficient (Wildman–Crippen LogP) is 2.02. The lowest BCUT2D eigenvalue weighted by Crippen LogP contribution is -2.41. The molecule has 1 aromatic heterocycles. The number of carbonyl (C=O) groups excluding carboxylic acids is 1. The minimum absolute atomic E-state index is 0.218. The summed E-state index contributed by atoms with van der Waals surface area (Å²) in [5.41, 5.74) is 0.610. The maximum Gasteiger partial charge on any atom is 0.340 e. The Kier molecular flexibility index (Phi) is 5.80. The Balaban J connectivity index is 2.30. The molecule has 1 aromatic carbocycles. The van der Waals surface area contributed by atoms with Crippen LogP contribution in [0.2, 0.25) is 0 Å². The highest BCUT2D eigenvalue weighted by Crippen LogP contribution is 2.24. The average Bonchev–Trinajstić information content (AvgIpc) is 2.57. The molecule has 1 heterocycles. The molecule has 0 unspecified atom stereocenters. The first-order valence-electron chi connectivity index (χ1n) is 7.99. The second-order valence-corrected chi connectivity index (χ2v) is 5.78. The zero-order chi connectivity index (χ0) is 18.6. The Bertz CT molecular complexity index is 855. The van der Waals surface area contributed by atoms with E-state index in [9.17, 15) is 14.4 Å². The molecule has 0 saturated carbocycles. The third-order valence-corrected chi connectivity index (χ3v) is 4.04. The van der Waals surface area contributed by atoms with Gasteiger partial charge in [-0.2, -0.15) is 0 Å². The zero-order valence-electron chi connectivity index (χ0n) is 14.4. The lowest BCUT2D eigenvalue weighted by atomic mass is 10.0. The summed E-state index contributed by atoms with van der Waals surface area (Å²) in [7, 11) is 1.51. The summed E-state index contributed by atoms with van der Waals surface area (Å²) in [5, 5.41) is 12.3. The zero-order valence-corrected chi connectivity index (χ0v) is 14.4. The molecule has 0 aliphatic heterocycles. The second-order valence-electron chi connectivity index (χ2n) is 5.78. The van der Waals surface area contributed by atoms with E-state index in [4.69, 9.17) is 14.3 Å². The van der Waals surface area contributed by atoms with Crippen LogP contribution in [0.25, 0.3) is 11.0 Å². The van der Waals surface area contributed by atoms with Crippen LogP contribution >= 0.6 is 0 Å². The van der Waals surface area contributed by atoms with Gasteiger partial charge in [0.2, 0.25) is 5.91 Å². The first-order valence-corrected chi connectivity index (χ1v) is 7.99. The van der Waals surface area contributed by atoms with Crippen molar-refractivity contribution in [3.63, 3.8) is 0 Å². The van der Waals surface area contributed by atoms with Crippen molar-refractivity contribution in [1.82, 2.24) is 5.32 Å². The molecule has 25 heavy (non-hydrogen) atoms. The molecule has 0 aliphatic carbocycles. The van der Waals surface area contributed by atoms with Gasteiger partial charge in [-0.15, -0.1) is 0 Å². The second kappa shape index (κ2) is 7.83. The number of nitrogens with one attached hydrogen (secondary N) is 1. The quantitative estimate of drug-likeness (QED) is 0.742. The monoisotopic (exact) mass is 347 g/mol. The number of amides is 1. The van der Waals surface area contributed by atoms with E-state index in [1.807, 2.05) is 6.92 Å². The molecule has 2 aromatic rings. The van der Waals surface area contributed by atoms with Crippen LogP contribution in [0, 0.1) is 6.92 Å². The fraction of sp³-hybridized carbons (Fsp3) is 0.389. The number of aliphatic carboxylic acids is 1. The van der Waals surface area contributed by atoms with E-state index in [0.717, 1.165) is 0 Å².